The summed E-state index contributed by atoms with van der Waals surface area (Å²) in [6, 6.07) is 5.15. The van der Waals surface area contributed by atoms with Gasteiger partial charge in [0.25, 0.3) is 0 Å². The third-order valence-corrected chi connectivity index (χ3v) is 2.97. The van der Waals surface area contributed by atoms with Crippen molar-refractivity contribution in [3.05, 3.63) is 34.1 Å². The minimum Gasteiger partial charge on any atom is -0.497 e. The minimum atomic E-state index is -0.0352. The summed E-state index contributed by atoms with van der Waals surface area (Å²) in [4.78, 5) is 15.4. The first kappa shape index (κ1) is 12.5. The number of benzene rings is 1. The topological polar surface area (TPSA) is 51.3 Å². The molecule has 0 bridgehead atoms. The highest BCUT2D eigenvalue weighted by molar-refractivity contribution is 5.86. The quantitative estimate of drug-likeness (QED) is 0.907. The van der Waals surface area contributed by atoms with Gasteiger partial charge in [0.1, 0.15) is 11.5 Å². The summed E-state index contributed by atoms with van der Waals surface area (Å²) in [5.41, 5.74) is 1.61. The number of pyridine rings is 1. The Labute approximate surface area is 106 Å². The monoisotopic (exact) mass is 247 g/mol. The number of ether oxygens (including phenoxy) is 2. The Morgan fingerprint density at radius 1 is 1.11 bits per heavy atom. The molecule has 18 heavy (non-hydrogen) atoms. The molecular weight excluding hydrogens is 230 g/mol. The van der Waals surface area contributed by atoms with Crippen molar-refractivity contribution in [2.45, 2.75) is 19.8 Å². The molecule has 0 unspecified atom stereocenters. The Bertz CT molecular complexity index is 629. The minimum absolute atomic E-state index is 0.0352. The van der Waals surface area contributed by atoms with Gasteiger partial charge in [0.2, 0.25) is 0 Å². The third-order valence-electron chi connectivity index (χ3n) is 2.97. The maximum absolute atomic E-state index is 12.1. The molecule has 4 nitrogen and oxygen atoms in total. The molecule has 0 fully saturated rings. The van der Waals surface area contributed by atoms with Crippen LogP contribution in [-0.4, -0.2) is 19.2 Å². The van der Waals surface area contributed by atoms with Crippen LogP contribution in [0, 0.1) is 0 Å². The summed E-state index contributed by atoms with van der Waals surface area (Å²) in [5.74, 6) is 1.45. The third kappa shape index (κ3) is 2.06. The highest BCUT2D eigenvalue weighted by Crippen LogP contribution is 2.28. The second kappa shape index (κ2) is 4.72. The van der Waals surface area contributed by atoms with Gasteiger partial charge in [0, 0.05) is 23.9 Å². The van der Waals surface area contributed by atoms with Crippen LogP contribution in [0.3, 0.4) is 0 Å². The zero-order valence-corrected chi connectivity index (χ0v) is 11.0. The highest BCUT2D eigenvalue weighted by Gasteiger charge is 2.11. The van der Waals surface area contributed by atoms with E-state index in [1.54, 1.807) is 26.4 Å². The molecule has 0 atom stereocenters. The number of aromatic amines is 1. The standard InChI is InChI=1S/C14H17NO3/c1-8(2)10-7-12(16)14-11(15-10)5-9(17-3)6-13(14)18-4/h5-8H,1-4H3,(H,15,16). The number of nitrogens with one attached hydrogen (secondary N) is 1. The van der Waals surface area contributed by atoms with E-state index < -0.39 is 0 Å². The van der Waals surface area contributed by atoms with E-state index in [9.17, 15) is 4.79 Å². The van der Waals surface area contributed by atoms with E-state index in [1.807, 2.05) is 19.9 Å². The number of fused-ring (bicyclic) bond motifs is 1. The lowest BCUT2D eigenvalue weighted by molar-refractivity contribution is 0.397. The Morgan fingerprint density at radius 2 is 1.83 bits per heavy atom. The maximum atomic E-state index is 12.1. The van der Waals surface area contributed by atoms with Crippen LogP contribution in [0.15, 0.2) is 23.0 Å². The van der Waals surface area contributed by atoms with Crippen LogP contribution in [0.25, 0.3) is 10.9 Å². The van der Waals surface area contributed by atoms with Gasteiger partial charge in [-0.3, -0.25) is 4.79 Å². The van der Waals surface area contributed by atoms with Gasteiger partial charge < -0.3 is 14.5 Å². The smallest absolute Gasteiger partial charge is 0.193 e. The fourth-order valence-corrected chi connectivity index (χ4v) is 1.94. The van der Waals surface area contributed by atoms with Crippen LogP contribution in [0.5, 0.6) is 11.5 Å². The maximum Gasteiger partial charge on any atom is 0.193 e. The zero-order chi connectivity index (χ0) is 13.3. The Hall–Kier alpha value is -1.97. The molecule has 96 valence electrons. The van der Waals surface area contributed by atoms with E-state index in [1.165, 1.54) is 0 Å². The lowest BCUT2D eigenvalue weighted by Gasteiger charge is -2.11. The van der Waals surface area contributed by atoms with Crippen molar-refractivity contribution in [2.75, 3.05) is 14.2 Å². The van der Waals surface area contributed by atoms with E-state index in [2.05, 4.69) is 4.98 Å². The summed E-state index contributed by atoms with van der Waals surface area (Å²) in [6.07, 6.45) is 0. The Morgan fingerprint density at radius 3 is 2.39 bits per heavy atom. The number of rotatable bonds is 3. The molecule has 4 heteroatoms. The second-order valence-corrected chi connectivity index (χ2v) is 4.50. The average Bonchev–Trinajstić information content (AvgIpc) is 2.36. The van der Waals surface area contributed by atoms with Crippen LogP contribution in [0.4, 0.5) is 0 Å². The normalized spacial score (nSPS) is 10.9. The second-order valence-electron chi connectivity index (χ2n) is 4.50. The van der Waals surface area contributed by atoms with E-state index in [0.29, 0.717) is 16.9 Å². The van der Waals surface area contributed by atoms with Gasteiger partial charge in [-0.2, -0.15) is 0 Å². The molecule has 0 amide bonds. The van der Waals surface area contributed by atoms with Crippen molar-refractivity contribution in [3.8, 4) is 11.5 Å². The molecule has 0 saturated heterocycles. The SMILES string of the molecule is COc1cc(OC)c2c(=O)cc(C(C)C)[nH]c2c1. The lowest BCUT2D eigenvalue weighted by Crippen LogP contribution is -2.08. The van der Waals surface area contributed by atoms with Crippen LogP contribution < -0.4 is 14.9 Å². The molecule has 1 N–H and O–H groups in total. The Balaban J connectivity index is 2.82. The van der Waals surface area contributed by atoms with Crippen molar-refractivity contribution in [2.24, 2.45) is 0 Å². The molecule has 1 heterocycles. The van der Waals surface area contributed by atoms with Crippen LogP contribution in [0.2, 0.25) is 0 Å². The molecule has 2 rings (SSSR count). The van der Waals surface area contributed by atoms with Gasteiger partial charge in [-0.05, 0) is 5.92 Å². The molecule has 2 aromatic rings. The summed E-state index contributed by atoms with van der Waals surface area (Å²) in [6.45, 7) is 4.07. The van der Waals surface area contributed by atoms with Gasteiger partial charge in [-0.15, -0.1) is 0 Å². The number of hydrogen-bond acceptors (Lipinski definition) is 3. The molecular formula is C14H17NO3. The van der Waals surface area contributed by atoms with E-state index in [0.717, 1.165) is 11.2 Å². The number of hydrogen-bond donors (Lipinski definition) is 1. The highest BCUT2D eigenvalue weighted by atomic mass is 16.5. The first-order valence-corrected chi connectivity index (χ1v) is 5.85. The van der Waals surface area contributed by atoms with Crippen LogP contribution in [0.1, 0.15) is 25.5 Å². The molecule has 0 aliphatic carbocycles. The lowest BCUT2D eigenvalue weighted by atomic mass is 10.1. The fraction of sp³-hybridized carbons (Fsp3) is 0.357. The fourth-order valence-electron chi connectivity index (χ4n) is 1.94. The van der Waals surface area contributed by atoms with Crippen molar-refractivity contribution < 1.29 is 9.47 Å². The largest absolute Gasteiger partial charge is 0.497 e. The predicted molar refractivity (Wildman–Crippen MR) is 71.8 cm³/mol. The van der Waals surface area contributed by atoms with Crippen LogP contribution >= 0.6 is 0 Å². The summed E-state index contributed by atoms with van der Waals surface area (Å²) in [5, 5.41) is 0.558. The summed E-state index contributed by atoms with van der Waals surface area (Å²) in [7, 11) is 3.13. The first-order chi connectivity index (χ1) is 8.56. The number of aromatic nitrogens is 1. The molecule has 1 aromatic carbocycles. The summed E-state index contributed by atoms with van der Waals surface area (Å²) < 4.78 is 10.5. The van der Waals surface area contributed by atoms with Crippen molar-refractivity contribution in [1.29, 1.82) is 0 Å². The molecule has 0 saturated carbocycles. The van der Waals surface area contributed by atoms with E-state index >= 15 is 0 Å². The average molecular weight is 247 g/mol. The molecule has 0 aliphatic heterocycles. The van der Waals surface area contributed by atoms with Gasteiger partial charge >= 0.3 is 0 Å². The number of H-pyrrole nitrogens is 1. The molecule has 1 aromatic heterocycles. The number of methoxy groups -OCH3 is 2. The predicted octanol–water partition coefficient (Wildman–Crippen LogP) is 2.67. The van der Waals surface area contributed by atoms with Crippen LogP contribution in [-0.2, 0) is 0 Å². The molecule has 0 aliphatic rings. The Kier molecular flexibility index (Phi) is 3.28. The zero-order valence-electron chi connectivity index (χ0n) is 11.0. The van der Waals surface area contributed by atoms with Gasteiger partial charge in [0.05, 0.1) is 25.1 Å². The van der Waals surface area contributed by atoms with E-state index in [-0.39, 0.29) is 11.3 Å². The first-order valence-electron chi connectivity index (χ1n) is 5.85. The molecule has 0 spiro atoms. The van der Waals surface area contributed by atoms with Crippen molar-refractivity contribution in [3.63, 3.8) is 0 Å². The molecule has 0 radical (unpaired) electrons. The van der Waals surface area contributed by atoms with Crippen molar-refractivity contribution in [1.82, 2.24) is 4.98 Å². The van der Waals surface area contributed by atoms with Gasteiger partial charge in [-0.25, -0.2) is 0 Å². The van der Waals surface area contributed by atoms with E-state index in [4.69, 9.17) is 9.47 Å². The van der Waals surface area contributed by atoms with Crippen molar-refractivity contribution >= 4 is 10.9 Å². The summed E-state index contributed by atoms with van der Waals surface area (Å²) >= 11 is 0. The van der Waals surface area contributed by atoms with Gasteiger partial charge in [0.15, 0.2) is 5.43 Å². The van der Waals surface area contributed by atoms with Gasteiger partial charge in [-0.1, -0.05) is 13.8 Å².